The Bertz CT molecular complexity index is 417. The van der Waals surface area contributed by atoms with Crippen molar-refractivity contribution in [2.45, 2.75) is 39.3 Å². The second-order valence-electron chi connectivity index (χ2n) is 4.85. The molecule has 1 aromatic carbocycles. The van der Waals surface area contributed by atoms with E-state index in [1.54, 1.807) is 0 Å². The summed E-state index contributed by atoms with van der Waals surface area (Å²) in [6.07, 6.45) is 1.55. The zero-order valence-corrected chi connectivity index (χ0v) is 11.2. The van der Waals surface area contributed by atoms with E-state index in [0.29, 0.717) is 13.0 Å². The summed E-state index contributed by atoms with van der Waals surface area (Å²) in [5.41, 5.74) is 2.83. The lowest BCUT2D eigenvalue weighted by molar-refractivity contribution is -0.144. The van der Waals surface area contributed by atoms with Crippen LogP contribution in [0.25, 0.3) is 0 Å². The Morgan fingerprint density at radius 3 is 2.83 bits per heavy atom. The van der Waals surface area contributed by atoms with Gasteiger partial charge >= 0.3 is 5.97 Å². The van der Waals surface area contributed by atoms with Crippen molar-refractivity contribution in [2.75, 3.05) is 13.2 Å². The van der Waals surface area contributed by atoms with Gasteiger partial charge in [-0.25, -0.2) is 0 Å². The minimum atomic E-state index is -0.0936. The molecule has 1 heterocycles. The van der Waals surface area contributed by atoms with Gasteiger partial charge < -0.3 is 4.74 Å². The van der Waals surface area contributed by atoms with Crippen LogP contribution in [-0.4, -0.2) is 30.1 Å². The van der Waals surface area contributed by atoms with Crippen molar-refractivity contribution in [3.05, 3.63) is 35.4 Å². The minimum absolute atomic E-state index is 0.0936. The second kappa shape index (κ2) is 6.01. The molecule has 1 aliphatic rings. The molecule has 0 amide bonds. The van der Waals surface area contributed by atoms with Crippen molar-refractivity contribution in [1.82, 2.24) is 4.90 Å². The van der Waals surface area contributed by atoms with E-state index < -0.39 is 0 Å². The molecule has 2 rings (SSSR count). The molecule has 0 unspecified atom stereocenters. The molecule has 1 aliphatic heterocycles. The maximum Gasteiger partial charge on any atom is 0.307 e. The van der Waals surface area contributed by atoms with E-state index in [4.69, 9.17) is 4.74 Å². The first-order valence-electron chi connectivity index (χ1n) is 6.67. The molecule has 0 aromatic heterocycles. The second-order valence-corrected chi connectivity index (χ2v) is 4.85. The van der Waals surface area contributed by atoms with Crippen molar-refractivity contribution in [2.24, 2.45) is 0 Å². The number of carbonyl (C=O) groups is 1. The average molecular weight is 247 g/mol. The number of ether oxygens (including phenoxy) is 1. The quantitative estimate of drug-likeness (QED) is 0.765. The number of nitrogens with zero attached hydrogens (tertiary/aromatic N) is 1. The molecule has 0 N–H and O–H groups in total. The van der Waals surface area contributed by atoms with Gasteiger partial charge in [0.1, 0.15) is 0 Å². The molecule has 0 bridgehead atoms. The maximum absolute atomic E-state index is 11.5. The molecule has 1 aromatic rings. The number of carbonyl (C=O) groups excluding carboxylic acids is 1. The summed E-state index contributed by atoms with van der Waals surface area (Å²) in [5.74, 6) is -0.0936. The molecular formula is C15H21NO2. The van der Waals surface area contributed by atoms with Gasteiger partial charge in [0.25, 0.3) is 0 Å². The summed E-state index contributed by atoms with van der Waals surface area (Å²) >= 11 is 0. The standard InChI is InChI=1S/C15H21NO2/c1-3-18-15(17)10-12(2)16-9-8-13-6-4-5-7-14(13)11-16/h4-7,12H,3,8-11H2,1-2H3/t12-/m1/s1. The van der Waals surface area contributed by atoms with E-state index in [0.717, 1.165) is 19.5 Å². The minimum Gasteiger partial charge on any atom is -0.466 e. The molecule has 0 saturated carbocycles. The Labute approximate surface area is 109 Å². The van der Waals surface area contributed by atoms with Gasteiger partial charge in [-0.05, 0) is 31.4 Å². The Kier molecular flexibility index (Phi) is 4.37. The molecule has 3 heteroatoms. The van der Waals surface area contributed by atoms with Crippen LogP contribution in [0, 0.1) is 0 Å². The van der Waals surface area contributed by atoms with Gasteiger partial charge in [-0.1, -0.05) is 24.3 Å². The summed E-state index contributed by atoms with van der Waals surface area (Å²) in [6, 6.07) is 8.80. The smallest absolute Gasteiger partial charge is 0.307 e. The third-order valence-corrected chi connectivity index (χ3v) is 3.55. The lowest BCUT2D eigenvalue weighted by atomic mass is 9.98. The fraction of sp³-hybridized carbons (Fsp3) is 0.533. The monoisotopic (exact) mass is 247 g/mol. The molecule has 1 atom stereocenters. The third-order valence-electron chi connectivity index (χ3n) is 3.55. The van der Waals surface area contributed by atoms with Gasteiger partial charge in [0.2, 0.25) is 0 Å². The molecule has 18 heavy (non-hydrogen) atoms. The number of rotatable bonds is 4. The number of hydrogen-bond donors (Lipinski definition) is 0. The largest absolute Gasteiger partial charge is 0.466 e. The van der Waals surface area contributed by atoms with Crippen LogP contribution < -0.4 is 0 Å². The molecule has 3 nitrogen and oxygen atoms in total. The van der Waals surface area contributed by atoms with Crippen LogP contribution in [0.3, 0.4) is 0 Å². The summed E-state index contributed by atoms with van der Waals surface area (Å²) < 4.78 is 5.01. The molecule has 0 fully saturated rings. The third kappa shape index (κ3) is 3.10. The van der Waals surface area contributed by atoms with Gasteiger partial charge in [-0.3, -0.25) is 9.69 Å². The van der Waals surface area contributed by atoms with Crippen LogP contribution in [0.1, 0.15) is 31.4 Å². The van der Waals surface area contributed by atoms with E-state index in [-0.39, 0.29) is 12.0 Å². The van der Waals surface area contributed by atoms with Crippen LogP contribution in [0.2, 0.25) is 0 Å². The first-order chi connectivity index (χ1) is 8.70. The predicted molar refractivity (Wildman–Crippen MR) is 71.3 cm³/mol. The Hall–Kier alpha value is -1.35. The van der Waals surface area contributed by atoms with Crippen LogP contribution in [0.5, 0.6) is 0 Å². The van der Waals surface area contributed by atoms with Gasteiger partial charge in [-0.2, -0.15) is 0 Å². The highest BCUT2D eigenvalue weighted by atomic mass is 16.5. The highest BCUT2D eigenvalue weighted by molar-refractivity contribution is 5.70. The average Bonchev–Trinajstić information content (AvgIpc) is 2.38. The van der Waals surface area contributed by atoms with E-state index in [2.05, 4.69) is 36.1 Å². The number of benzene rings is 1. The lowest BCUT2D eigenvalue weighted by Crippen LogP contribution is -2.39. The molecule has 0 saturated heterocycles. The zero-order chi connectivity index (χ0) is 13.0. The fourth-order valence-electron chi connectivity index (χ4n) is 2.48. The fourth-order valence-corrected chi connectivity index (χ4v) is 2.48. The van der Waals surface area contributed by atoms with Crippen LogP contribution in [0.4, 0.5) is 0 Å². The summed E-state index contributed by atoms with van der Waals surface area (Å²) in [6.45, 7) is 6.38. The number of fused-ring (bicyclic) bond motifs is 1. The Morgan fingerprint density at radius 1 is 1.39 bits per heavy atom. The first kappa shape index (κ1) is 13.1. The highest BCUT2D eigenvalue weighted by Gasteiger charge is 2.22. The van der Waals surface area contributed by atoms with Crippen molar-refractivity contribution >= 4 is 5.97 Å². The zero-order valence-electron chi connectivity index (χ0n) is 11.2. The molecule has 0 radical (unpaired) electrons. The van der Waals surface area contributed by atoms with E-state index in [1.807, 2.05) is 6.92 Å². The van der Waals surface area contributed by atoms with Gasteiger partial charge in [-0.15, -0.1) is 0 Å². The van der Waals surface area contributed by atoms with E-state index in [9.17, 15) is 4.79 Å². The van der Waals surface area contributed by atoms with Gasteiger partial charge in [0.05, 0.1) is 13.0 Å². The Morgan fingerprint density at radius 2 is 2.11 bits per heavy atom. The molecule has 98 valence electrons. The van der Waals surface area contributed by atoms with Crippen molar-refractivity contribution in [1.29, 1.82) is 0 Å². The summed E-state index contributed by atoms with van der Waals surface area (Å²) in [7, 11) is 0. The van der Waals surface area contributed by atoms with Crippen LogP contribution in [-0.2, 0) is 22.5 Å². The van der Waals surface area contributed by atoms with E-state index >= 15 is 0 Å². The Balaban J connectivity index is 1.94. The number of hydrogen-bond acceptors (Lipinski definition) is 3. The molecule has 0 aliphatic carbocycles. The molecular weight excluding hydrogens is 226 g/mol. The first-order valence-corrected chi connectivity index (χ1v) is 6.67. The van der Waals surface area contributed by atoms with Crippen molar-refractivity contribution in [3.8, 4) is 0 Å². The summed E-state index contributed by atoms with van der Waals surface area (Å²) in [4.78, 5) is 13.9. The van der Waals surface area contributed by atoms with Gasteiger partial charge in [0, 0.05) is 19.1 Å². The SMILES string of the molecule is CCOC(=O)C[C@@H](C)N1CCc2ccccc2C1. The van der Waals surface area contributed by atoms with Crippen LogP contribution in [0.15, 0.2) is 24.3 Å². The topological polar surface area (TPSA) is 29.5 Å². The predicted octanol–water partition coefficient (Wildman–Crippen LogP) is 2.39. The van der Waals surface area contributed by atoms with Crippen LogP contribution >= 0.6 is 0 Å². The van der Waals surface area contributed by atoms with Gasteiger partial charge in [0.15, 0.2) is 0 Å². The molecule has 0 spiro atoms. The normalized spacial score (nSPS) is 17.0. The number of esters is 1. The summed E-state index contributed by atoms with van der Waals surface area (Å²) in [5, 5.41) is 0. The van der Waals surface area contributed by atoms with Crippen molar-refractivity contribution < 1.29 is 9.53 Å². The highest BCUT2D eigenvalue weighted by Crippen LogP contribution is 2.21. The van der Waals surface area contributed by atoms with E-state index in [1.165, 1.54) is 11.1 Å². The maximum atomic E-state index is 11.5. The van der Waals surface area contributed by atoms with Crippen molar-refractivity contribution in [3.63, 3.8) is 0 Å². The lowest BCUT2D eigenvalue weighted by Gasteiger charge is -2.33.